The number of carbonyl (C=O) groups excluding carboxylic acids is 1. The van der Waals surface area contributed by atoms with Crippen LogP contribution in [0.2, 0.25) is 0 Å². The van der Waals surface area contributed by atoms with Gasteiger partial charge in [0, 0.05) is 65.5 Å². The standard InChI is InChI=1S/C37H45N5O2S/c1-24-19-25(2)39-36(44-23-28-9-6-5-7-10-28)32(24)22-40-18-15-33-34(37(40)43)27(4)35(45-33)26(3)29-11-13-30(14-12-29)41-20-31(21-41)42-17-8-16-38-42/h5-10,16-17,19,26,29-31H,11-15,18,20-23H2,1-4H3/t26-,29?,30?/m1/s1. The Hall–Kier alpha value is -3.49. The lowest BCUT2D eigenvalue weighted by Gasteiger charge is -2.47. The smallest absolute Gasteiger partial charge is 0.255 e. The van der Waals surface area contributed by atoms with Crippen LogP contribution in [0.15, 0.2) is 54.9 Å². The number of fused-ring (bicyclic) bond motifs is 1. The highest BCUT2D eigenvalue weighted by molar-refractivity contribution is 7.12. The molecule has 0 unspecified atom stereocenters. The van der Waals surface area contributed by atoms with Gasteiger partial charge in [-0.15, -0.1) is 11.3 Å². The summed E-state index contributed by atoms with van der Waals surface area (Å²) in [6.07, 6.45) is 9.97. The molecule has 4 aromatic rings. The molecule has 5 heterocycles. The van der Waals surface area contributed by atoms with Gasteiger partial charge in [0.1, 0.15) is 6.61 Å². The maximum Gasteiger partial charge on any atom is 0.255 e. The molecule has 1 amide bonds. The molecule has 45 heavy (non-hydrogen) atoms. The second kappa shape index (κ2) is 12.7. The van der Waals surface area contributed by atoms with E-state index in [-0.39, 0.29) is 5.91 Å². The number of amides is 1. The Morgan fingerprint density at radius 3 is 2.53 bits per heavy atom. The number of nitrogens with zero attached hydrogens (tertiary/aromatic N) is 5. The van der Waals surface area contributed by atoms with Crippen LogP contribution in [-0.4, -0.2) is 56.1 Å². The highest BCUT2D eigenvalue weighted by Crippen LogP contribution is 2.45. The van der Waals surface area contributed by atoms with Crippen molar-refractivity contribution in [1.82, 2.24) is 24.6 Å². The molecule has 236 valence electrons. The van der Waals surface area contributed by atoms with Crippen molar-refractivity contribution in [2.75, 3.05) is 19.6 Å². The van der Waals surface area contributed by atoms with Crippen molar-refractivity contribution in [3.05, 3.63) is 98.1 Å². The molecule has 1 saturated carbocycles. The first-order valence-electron chi connectivity index (χ1n) is 16.6. The van der Waals surface area contributed by atoms with Gasteiger partial charge >= 0.3 is 0 Å². The van der Waals surface area contributed by atoms with Crippen molar-refractivity contribution in [3.63, 3.8) is 0 Å². The summed E-state index contributed by atoms with van der Waals surface area (Å²) < 4.78 is 8.38. The van der Waals surface area contributed by atoms with Gasteiger partial charge in [0.25, 0.3) is 5.91 Å². The molecule has 3 aliphatic rings. The highest BCUT2D eigenvalue weighted by atomic mass is 32.1. The molecule has 2 fully saturated rings. The molecule has 1 aliphatic carbocycles. The van der Waals surface area contributed by atoms with E-state index in [1.165, 1.54) is 41.0 Å². The molecule has 7 nitrogen and oxygen atoms in total. The highest BCUT2D eigenvalue weighted by Gasteiger charge is 2.38. The van der Waals surface area contributed by atoms with Crippen LogP contribution in [-0.2, 0) is 19.6 Å². The lowest BCUT2D eigenvalue weighted by Crippen LogP contribution is -2.53. The van der Waals surface area contributed by atoms with E-state index < -0.39 is 0 Å². The van der Waals surface area contributed by atoms with E-state index in [2.05, 4.69) is 59.8 Å². The largest absolute Gasteiger partial charge is 0.473 e. The molecular formula is C37H45N5O2S. The second-order valence-corrected chi connectivity index (χ2v) is 14.6. The minimum absolute atomic E-state index is 0.158. The number of carbonyl (C=O) groups is 1. The molecule has 7 rings (SSSR count). The summed E-state index contributed by atoms with van der Waals surface area (Å²) >= 11 is 1.91. The van der Waals surface area contributed by atoms with Crippen molar-refractivity contribution in [2.24, 2.45) is 5.92 Å². The molecule has 1 aromatic carbocycles. The summed E-state index contributed by atoms with van der Waals surface area (Å²) in [5, 5.41) is 4.44. The lowest BCUT2D eigenvalue weighted by molar-refractivity contribution is 0.0270. The van der Waals surface area contributed by atoms with Gasteiger partial charge in [-0.1, -0.05) is 37.3 Å². The minimum Gasteiger partial charge on any atom is -0.473 e. The van der Waals surface area contributed by atoms with E-state index >= 15 is 0 Å². The Balaban J connectivity index is 1.00. The number of pyridine rings is 1. The SMILES string of the molecule is Cc1cc(C)c(CN2CCc3sc([C@H](C)C4CCC(N5CC(n6cccn6)C5)CC4)c(C)c3C2=O)c(OCc2ccccc2)n1. The number of ether oxygens (including phenoxy) is 1. The number of hydrogen-bond acceptors (Lipinski definition) is 6. The molecule has 0 spiro atoms. The van der Waals surface area contributed by atoms with Crippen LogP contribution in [0.4, 0.5) is 0 Å². The normalized spacial score (nSPS) is 21.4. The van der Waals surface area contributed by atoms with Crippen molar-refractivity contribution in [2.45, 2.75) is 91.0 Å². The predicted octanol–water partition coefficient (Wildman–Crippen LogP) is 7.26. The summed E-state index contributed by atoms with van der Waals surface area (Å²) in [7, 11) is 0. The topological polar surface area (TPSA) is 63.5 Å². The second-order valence-electron chi connectivity index (χ2n) is 13.5. The van der Waals surface area contributed by atoms with Crippen LogP contribution < -0.4 is 4.74 Å². The van der Waals surface area contributed by atoms with E-state index in [9.17, 15) is 4.79 Å². The first-order valence-corrected chi connectivity index (χ1v) is 17.5. The van der Waals surface area contributed by atoms with Crippen molar-refractivity contribution in [3.8, 4) is 5.88 Å². The summed E-state index contributed by atoms with van der Waals surface area (Å²) in [5.41, 5.74) is 6.32. The fourth-order valence-electron chi connectivity index (χ4n) is 7.82. The van der Waals surface area contributed by atoms with Crippen molar-refractivity contribution in [1.29, 1.82) is 0 Å². The van der Waals surface area contributed by atoms with E-state index in [4.69, 9.17) is 9.72 Å². The molecule has 0 radical (unpaired) electrons. The van der Waals surface area contributed by atoms with Gasteiger partial charge in [0.15, 0.2) is 0 Å². The third-order valence-corrected chi connectivity index (χ3v) is 12.1. The molecule has 1 atom stereocenters. The Kier molecular flexibility index (Phi) is 8.53. The summed E-state index contributed by atoms with van der Waals surface area (Å²) in [6.45, 7) is 12.7. The van der Waals surface area contributed by atoms with Crippen molar-refractivity contribution >= 4 is 17.2 Å². The average molecular weight is 624 g/mol. The zero-order chi connectivity index (χ0) is 31.1. The number of hydrogen-bond donors (Lipinski definition) is 0. The number of thiophene rings is 1. The summed E-state index contributed by atoms with van der Waals surface area (Å²) in [6, 6.07) is 15.5. The fraction of sp³-hybridized carbons (Fsp3) is 0.486. The zero-order valence-electron chi connectivity index (χ0n) is 27.0. The van der Waals surface area contributed by atoms with Gasteiger partial charge in [0.05, 0.1) is 18.2 Å². The zero-order valence-corrected chi connectivity index (χ0v) is 27.9. The lowest BCUT2D eigenvalue weighted by atomic mass is 9.76. The maximum atomic E-state index is 14.1. The van der Waals surface area contributed by atoms with E-state index in [1.54, 1.807) is 0 Å². The van der Waals surface area contributed by atoms with Crippen LogP contribution >= 0.6 is 11.3 Å². The van der Waals surface area contributed by atoms with Crippen LogP contribution in [0, 0.1) is 26.7 Å². The predicted molar refractivity (Wildman–Crippen MR) is 179 cm³/mol. The number of aryl methyl sites for hydroxylation is 2. The third kappa shape index (κ3) is 6.07. The van der Waals surface area contributed by atoms with Gasteiger partial charge in [-0.3, -0.25) is 14.4 Å². The molecule has 8 heteroatoms. The first-order chi connectivity index (χ1) is 21.9. The monoisotopic (exact) mass is 623 g/mol. The third-order valence-electron chi connectivity index (χ3n) is 10.5. The quantitative estimate of drug-likeness (QED) is 0.196. The van der Waals surface area contributed by atoms with Gasteiger partial charge in [-0.25, -0.2) is 4.98 Å². The van der Waals surface area contributed by atoms with Crippen LogP contribution in [0.3, 0.4) is 0 Å². The van der Waals surface area contributed by atoms with Gasteiger partial charge in [-0.2, -0.15) is 5.10 Å². The number of likely N-dealkylation sites (tertiary alicyclic amines) is 1. The molecule has 2 aliphatic heterocycles. The van der Waals surface area contributed by atoms with E-state index in [0.717, 1.165) is 54.0 Å². The fourth-order valence-corrected chi connectivity index (χ4v) is 9.25. The van der Waals surface area contributed by atoms with Crippen molar-refractivity contribution < 1.29 is 9.53 Å². The molecule has 0 bridgehead atoms. The van der Waals surface area contributed by atoms with Gasteiger partial charge in [-0.05, 0) is 87.1 Å². The Morgan fingerprint density at radius 1 is 1.02 bits per heavy atom. The summed E-state index contributed by atoms with van der Waals surface area (Å²) in [4.78, 5) is 26.2. The van der Waals surface area contributed by atoms with Crippen LogP contribution in [0.1, 0.15) is 92.6 Å². The Labute approximate surface area is 271 Å². The van der Waals surface area contributed by atoms with E-state index in [0.29, 0.717) is 43.0 Å². The number of benzene rings is 1. The minimum atomic E-state index is 0.158. The average Bonchev–Trinajstić information content (AvgIpc) is 3.67. The van der Waals surface area contributed by atoms with E-state index in [1.807, 2.05) is 53.6 Å². The van der Waals surface area contributed by atoms with Crippen LogP contribution in [0.25, 0.3) is 0 Å². The van der Waals surface area contributed by atoms with Crippen LogP contribution in [0.5, 0.6) is 5.88 Å². The van der Waals surface area contributed by atoms with Gasteiger partial charge in [0.2, 0.25) is 5.88 Å². The number of aromatic nitrogens is 3. The summed E-state index contributed by atoms with van der Waals surface area (Å²) in [5.74, 6) is 1.96. The number of rotatable bonds is 9. The molecular weight excluding hydrogens is 579 g/mol. The molecule has 3 aromatic heterocycles. The Bertz CT molecular complexity index is 1630. The molecule has 0 N–H and O–H groups in total. The maximum absolute atomic E-state index is 14.1. The van der Waals surface area contributed by atoms with Gasteiger partial charge < -0.3 is 9.64 Å². The first kappa shape index (κ1) is 30.2. The molecule has 1 saturated heterocycles. The Morgan fingerprint density at radius 2 is 1.80 bits per heavy atom.